The Balaban J connectivity index is 1.18. The maximum atomic E-state index is 12.8. The van der Waals surface area contributed by atoms with E-state index < -0.39 is 16.0 Å². The fraction of sp³-hybridized carbons (Fsp3) is 0.444. The average molecular weight is 510 g/mol. The maximum Gasteiger partial charge on any atom is 0.338 e. The third-order valence-corrected chi connectivity index (χ3v) is 8.58. The molecule has 190 valence electrons. The van der Waals surface area contributed by atoms with Crippen molar-refractivity contribution in [3.63, 3.8) is 0 Å². The monoisotopic (exact) mass is 509 g/mol. The number of benzene rings is 2. The van der Waals surface area contributed by atoms with E-state index in [2.05, 4.69) is 16.5 Å². The summed E-state index contributed by atoms with van der Waals surface area (Å²) >= 11 is 0. The first-order valence-corrected chi connectivity index (χ1v) is 14.1. The molecule has 0 aliphatic carbocycles. The molecule has 3 aliphatic rings. The van der Waals surface area contributed by atoms with E-state index in [0.29, 0.717) is 43.5 Å². The van der Waals surface area contributed by atoms with Crippen molar-refractivity contribution in [3.05, 3.63) is 59.7 Å². The summed E-state index contributed by atoms with van der Waals surface area (Å²) in [5.74, 6) is 0.147. The van der Waals surface area contributed by atoms with Crippen LogP contribution in [0.5, 0.6) is 0 Å². The molecule has 0 bridgehead atoms. The van der Waals surface area contributed by atoms with Gasteiger partial charge in [-0.25, -0.2) is 4.79 Å². The number of amides is 1. The van der Waals surface area contributed by atoms with Crippen LogP contribution in [0, 0.1) is 5.92 Å². The molecule has 2 aromatic rings. The number of anilines is 1. The van der Waals surface area contributed by atoms with Gasteiger partial charge in [0.2, 0.25) is 0 Å². The molecule has 2 aromatic carbocycles. The lowest BCUT2D eigenvalue weighted by Gasteiger charge is -2.32. The number of rotatable bonds is 5. The fourth-order valence-corrected chi connectivity index (χ4v) is 6.53. The highest BCUT2D eigenvalue weighted by atomic mass is 32.2. The fourth-order valence-electron chi connectivity index (χ4n) is 5.24. The van der Waals surface area contributed by atoms with Gasteiger partial charge >= 0.3 is 5.97 Å². The van der Waals surface area contributed by atoms with E-state index in [-0.39, 0.29) is 23.0 Å². The van der Waals surface area contributed by atoms with Gasteiger partial charge in [-0.3, -0.25) is 4.79 Å². The number of hydrogen-bond acceptors (Lipinski definition) is 6. The summed E-state index contributed by atoms with van der Waals surface area (Å²) in [6.07, 6.45) is 6.33. The number of amidine groups is 1. The molecule has 3 aliphatic heterocycles. The summed E-state index contributed by atoms with van der Waals surface area (Å²) in [5.41, 5.74) is 1.95. The topological polar surface area (TPSA) is 96.3 Å². The van der Waals surface area contributed by atoms with E-state index in [9.17, 15) is 18.0 Å². The molecule has 9 heteroatoms. The van der Waals surface area contributed by atoms with E-state index >= 15 is 0 Å². The zero-order chi connectivity index (χ0) is 25.1. The molecule has 0 N–H and O–H groups in total. The molecule has 0 spiro atoms. The van der Waals surface area contributed by atoms with Gasteiger partial charge in [0.05, 0.1) is 11.3 Å². The van der Waals surface area contributed by atoms with Gasteiger partial charge < -0.3 is 14.5 Å². The predicted octanol–water partition coefficient (Wildman–Crippen LogP) is 3.81. The summed E-state index contributed by atoms with van der Waals surface area (Å²) < 4.78 is 34.9. The molecular weight excluding hydrogens is 478 g/mol. The summed E-state index contributed by atoms with van der Waals surface area (Å²) in [5, 5.41) is 0. The molecule has 2 saturated heterocycles. The third kappa shape index (κ3) is 5.31. The van der Waals surface area contributed by atoms with Crippen molar-refractivity contribution in [3.8, 4) is 0 Å². The third-order valence-electron chi connectivity index (χ3n) is 7.24. The Morgan fingerprint density at radius 3 is 2.53 bits per heavy atom. The van der Waals surface area contributed by atoms with Crippen LogP contribution in [0.3, 0.4) is 0 Å². The number of carbonyl (C=O) groups excluding carboxylic acids is 2. The number of fused-ring (bicyclic) bond motifs is 3. The number of esters is 1. The standard InChI is InChI=1S/C27H31N3O5S/c31-26(29-15-12-21(13-16-29)17-20-7-3-1-4-8-20)19-35-27(32)22-10-11-23-24(18-22)36(33,34)28-25-9-5-2-6-14-30(23)25/h1,3-4,7-8,10-11,18,21H,2,5-6,9,12-17,19H2. The van der Waals surface area contributed by atoms with Crippen LogP contribution in [-0.4, -0.2) is 57.3 Å². The van der Waals surface area contributed by atoms with Crippen molar-refractivity contribution < 1.29 is 22.7 Å². The largest absolute Gasteiger partial charge is 0.452 e. The van der Waals surface area contributed by atoms with E-state index in [1.807, 2.05) is 23.1 Å². The summed E-state index contributed by atoms with van der Waals surface area (Å²) in [6.45, 7) is 1.62. The number of ether oxygens (including phenoxy) is 1. The summed E-state index contributed by atoms with van der Waals surface area (Å²) in [4.78, 5) is 29.0. The minimum absolute atomic E-state index is 0.00872. The van der Waals surface area contributed by atoms with Gasteiger partial charge in [-0.2, -0.15) is 8.42 Å². The molecule has 0 unspecified atom stereocenters. The molecule has 0 saturated carbocycles. The first-order chi connectivity index (χ1) is 17.4. The van der Waals surface area contributed by atoms with Gasteiger partial charge in [-0.1, -0.05) is 36.8 Å². The maximum absolute atomic E-state index is 12.8. The SMILES string of the molecule is O=C(OCC(=O)N1CCC(Cc2ccccc2)CC1)c1ccc2c(c1)S(=O)(=O)N=C1CCCCCN12. The Labute approximate surface area is 212 Å². The second-order valence-electron chi connectivity index (χ2n) is 9.72. The highest BCUT2D eigenvalue weighted by Crippen LogP contribution is 2.35. The van der Waals surface area contributed by atoms with Crippen LogP contribution in [0.1, 0.15) is 54.4 Å². The molecule has 0 radical (unpaired) electrons. The minimum Gasteiger partial charge on any atom is -0.452 e. The second-order valence-corrected chi connectivity index (χ2v) is 11.3. The molecular formula is C27H31N3O5S. The lowest BCUT2D eigenvalue weighted by Crippen LogP contribution is -2.41. The quantitative estimate of drug-likeness (QED) is 0.569. The van der Waals surface area contributed by atoms with Crippen molar-refractivity contribution in [2.45, 2.75) is 49.8 Å². The van der Waals surface area contributed by atoms with Gasteiger partial charge in [0.15, 0.2) is 6.61 Å². The molecule has 0 aromatic heterocycles. The Morgan fingerprint density at radius 1 is 0.972 bits per heavy atom. The first kappa shape index (κ1) is 24.5. The molecule has 5 rings (SSSR count). The van der Waals surface area contributed by atoms with Crippen LogP contribution in [0.2, 0.25) is 0 Å². The van der Waals surface area contributed by atoms with E-state index in [1.165, 1.54) is 11.6 Å². The average Bonchev–Trinajstić information content (AvgIpc) is 3.13. The van der Waals surface area contributed by atoms with Crippen LogP contribution in [0.4, 0.5) is 5.69 Å². The highest BCUT2D eigenvalue weighted by molar-refractivity contribution is 7.90. The molecule has 2 fully saturated rings. The molecule has 8 nitrogen and oxygen atoms in total. The Bertz CT molecular complexity index is 1270. The Morgan fingerprint density at radius 2 is 1.75 bits per heavy atom. The van der Waals surface area contributed by atoms with Crippen LogP contribution < -0.4 is 4.90 Å². The summed E-state index contributed by atoms with van der Waals surface area (Å²) in [6, 6.07) is 14.9. The first-order valence-electron chi connectivity index (χ1n) is 12.6. The van der Waals surface area contributed by atoms with Gasteiger partial charge in [0, 0.05) is 26.1 Å². The Hall–Kier alpha value is -3.20. The summed E-state index contributed by atoms with van der Waals surface area (Å²) in [7, 11) is -3.90. The smallest absolute Gasteiger partial charge is 0.338 e. The lowest BCUT2D eigenvalue weighted by molar-refractivity contribution is -0.135. The zero-order valence-electron chi connectivity index (χ0n) is 20.3. The van der Waals surface area contributed by atoms with Gasteiger partial charge in [0.25, 0.3) is 15.9 Å². The van der Waals surface area contributed by atoms with Crippen molar-refractivity contribution in [1.82, 2.24) is 4.90 Å². The number of piperidine rings is 1. The zero-order valence-corrected chi connectivity index (χ0v) is 21.1. The number of likely N-dealkylation sites (tertiary alicyclic amines) is 1. The van der Waals surface area contributed by atoms with Crippen molar-refractivity contribution in [2.75, 3.05) is 31.1 Å². The van der Waals surface area contributed by atoms with E-state index in [1.54, 1.807) is 17.0 Å². The van der Waals surface area contributed by atoms with Crippen LogP contribution in [0.15, 0.2) is 57.8 Å². The number of hydrogen-bond donors (Lipinski definition) is 0. The van der Waals surface area contributed by atoms with Crippen LogP contribution in [0.25, 0.3) is 0 Å². The molecule has 3 heterocycles. The predicted molar refractivity (Wildman–Crippen MR) is 137 cm³/mol. The van der Waals surface area contributed by atoms with Crippen molar-refractivity contribution in [1.29, 1.82) is 0 Å². The Kier molecular flexibility index (Phi) is 7.09. The van der Waals surface area contributed by atoms with Crippen molar-refractivity contribution in [2.24, 2.45) is 10.3 Å². The van der Waals surface area contributed by atoms with Gasteiger partial charge in [-0.05, 0) is 61.8 Å². The second kappa shape index (κ2) is 10.4. The van der Waals surface area contributed by atoms with E-state index in [0.717, 1.165) is 38.5 Å². The number of carbonyl (C=O) groups is 2. The van der Waals surface area contributed by atoms with Crippen LogP contribution >= 0.6 is 0 Å². The van der Waals surface area contributed by atoms with Gasteiger partial charge in [-0.15, -0.1) is 4.40 Å². The molecule has 0 atom stereocenters. The highest BCUT2D eigenvalue weighted by Gasteiger charge is 2.32. The normalized spacial score (nSPS) is 19.5. The molecule has 1 amide bonds. The number of sulfonamides is 1. The lowest BCUT2D eigenvalue weighted by atomic mass is 9.90. The van der Waals surface area contributed by atoms with Crippen LogP contribution in [-0.2, 0) is 26.0 Å². The van der Waals surface area contributed by atoms with Crippen molar-refractivity contribution >= 4 is 33.4 Å². The van der Waals surface area contributed by atoms with Gasteiger partial charge in [0.1, 0.15) is 10.7 Å². The number of nitrogens with zero attached hydrogens (tertiary/aromatic N) is 3. The minimum atomic E-state index is -3.90. The van der Waals surface area contributed by atoms with E-state index in [4.69, 9.17) is 4.74 Å². The molecule has 36 heavy (non-hydrogen) atoms.